The first-order valence-electron chi connectivity index (χ1n) is 4.10. The second-order valence-corrected chi connectivity index (χ2v) is 3.27. The maximum Gasteiger partial charge on any atom is 0.132 e. The number of pyridine rings is 1. The van der Waals surface area contributed by atoms with Gasteiger partial charge in [-0.15, -0.1) is 0 Å². The van der Waals surface area contributed by atoms with Gasteiger partial charge in [0.1, 0.15) is 4.99 Å². The molecule has 0 saturated carbocycles. The third kappa shape index (κ3) is 1.57. The third-order valence-corrected chi connectivity index (χ3v) is 2.28. The number of hydrogen-bond donors (Lipinski definition) is 2. The molecule has 2 N–H and O–H groups in total. The van der Waals surface area contributed by atoms with Gasteiger partial charge in [0.05, 0.1) is 5.52 Å². The van der Waals surface area contributed by atoms with Crippen molar-refractivity contribution in [3.05, 3.63) is 42.1 Å². The standard InChI is InChI=1S/C10H8N2OS/c13-12-10(14)8-5-7-3-1-2-4-9(7)11-6-8/h1-6,13H,(H,12,14). The largest absolute Gasteiger partial charge is 0.290 e. The first-order chi connectivity index (χ1) is 6.81. The molecule has 14 heavy (non-hydrogen) atoms. The minimum atomic E-state index is 0.281. The van der Waals surface area contributed by atoms with E-state index in [2.05, 4.69) is 4.98 Å². The van der Waals surface area contributed by atoms with Crippen LogP contribution in [0.2, 0.25) is 0 Å². The fraction of sp³-hybridized carbons (Fsp3) is 0. The van der Waals surface area contributed by atoms with Gasteiger partial charge in [-0.3, -0.25) is 15.7 Å². The van der Waals surface area contributed by atoms with Crippen molar-refractivity contribution in [2.45, 2.75) is 0 Å². The van der Waals surface area contributed by atoms with Crippen LogP contribution in [0.5, 0.6) is 0 Å². The van der Waals surface area contributed by atoms with Gasteiger partial charge >= 0.3 is 0 Å². The highest BCUT2D eigenvalue weighted by molar-refractivity contribution is 7.80. The molecule has 3 nitrogen and oxygen atoms in total. The molecule has 0 aliphatic heterocycles. The van der Waals surface area contributed by atoms with E-state index >= 15 is 0 Å². The number of fused-ring (bicyclic) bond motifs is 1. The maximum atomic E-state index is 8.64. The van der Waals surface area contributed by atoms with Crippen LogP contribution in [0.25, 0.3) is 10.9 Å². The van der Waals surface area contributed by atoms with Crippen molar-refractivity contribution in [1.82, 2.24) is 10.5 Å². The van der Waals surface area contributed by atoms with Crippen LogP contribution >= 0.6 is 12.2 Å². The number of aromatic nitrogens is 1. The second kappa shape index (κ2) is 3.69. The first kappa shape index (κ1) is 9.05. The number of nitrogens with one attached hydrogen (secondary N) is 1. The summed E-state index contributed by atoms with van der Waals surface area (Å²) in [6.45, 7) is 0. The number of nitrogens with zero attached hydrogens (tertiary/aromatic N) is 1. The van der Waals surface area contributed by atoms with Crippen molar-refractivity contribution in [2.75, 3.05) is 0 Å². The Balaban J connectivity index is 2.56. The lowest BCUT2D eigenvalue weighted by Gasteiger charge is -2.02. The van der Waals surface area contributed by atoms with Gasteiger partial charge in [0, 0.05) is 17.1 Å². The van der Waals surface area contributed by atoms with Crippen LogP contribution in [0.15, 0.2) is 36.5 Å². The average molecular weight is 204 g/mol. The summed E-state index contributed by atoms with van der Waals surface area (Å²) in [7, 11) is 0. The molecular weight excluding hydrogens is 196 g/mol. The molecule has 0 bridgehead atoms. The van der Waals surface area contributed by atoms with Gasteiger partial charge in [0.15, 0.2) is 0 Å². The maximum absolute atomic E-state index is 8.64. The molecular formula is C10H8N2OS. The Kier molecular flexibility index (Phi) is 2.39. The van der Waals surface area contributed by atoms with E-state index in [9.17, 15) is 0 Å². The lowest BCUT2D eigenvalue weighted by molar-refractivity contribution is 0.238. The van der Waals surface area contributed by atoms with Crippen molar-refractivity contribution in [3.63, 3.8) is 0 Å². The van der Waals surface area contributed by atoms with Gasteiger partial charge in [-0.05, 0) is 12.1 Å². The summed E-state index contributed by atoms with van der Waals surface area (Å²) in [6, 6.07) is 9.62. The molecule has 0 saturated heterocycles. The SMILES string of the molecule is ONC(=S)c1cnc2ccccc2c1. The highest BCUT2D eigenvalue weighted by Crippen LogP contribution is 2.12. The molecule has 0 aliphatic carbocycles. The highest BCUT2D eigenvalue weighted by Gasteiger charge is 2.01. The number of hydrogen-bond acceptors (Lipinski definition) is 3. The van der Waals surface area contributed by atoms with Crippen LogP contribution in [0.4, 0.5) is 0 Å². The Bertz CT molecular complexity index is 484. The molecule has 1 heterocycles. The predicted octanol–water partition coefficient (Wildman–Crippen LogP) is 1.89. The van der Waals surface area contributed by atoms with Crippen molar-refractivity contribution < 1.29 is 5.21 Å². The number of hydroxylamine groups is 1. The van der Waals surface area contributed by atoms with Gasteiger partial charge < -0.3 is 0 Å². The summed E-state index contributed by atoms with van der Waals surface area (Å²) in [5.74, 6) is 0. The summed E-state index contributed by atoms with van der Waals surface area (Å²) < 4.78 is 0. The molecule has 70 valence electrons. The van der Waals surface area contributed by atoms with Crippen molar-refractivity contribution in [3.8, 4) is 0 Å². The Morgan fingerprint density at radius 3 is 2.93 bits per heavy atom. The molecule has 0 fully saturated rings. The minimum Gasteiger partial charge on any atom is -0.290 e. The summed E-state index contributed by atoms with van der Waals surface area (Å²) in [5.41, 5.74) is 3.56. The van der Waals surface area contributed by atoms with Crippen LogP contribution < -0.4 is 5.48 Å². The molecule has 0 radical (unpaired) electrons. The normalized spacial score (nSPS) is 10.1. The number of benzene rings is 1. The van der Waals surface area contributed by atoms with E-state index in [-0.39, 0.29) is 4.99 Å². The molecule has 0 atom stereocenters. The van der Waals surface area contributed by atoms with Crippen molar-refractivity contribution in [1.29, 1.82) is 0 Å². The van der Waals surface area contributed by atoms with Gasteiger partial charge in [-0.25, -0.2) is 0 Å². The summed E-state index contributed by atoms with van der Waals surface area (Å²) in [4.78, 5) is 4.49. The molecule has 2 aromatic rings. The van der Waals surface area contributed by atoms with Crippen LogP contribution in [0, 0.1) is 0 Å². The molecule has 0 unspecified atom stereocenters. The zero-order valence-corrected chi connectivity index (χ0v) is 8.08. The van der Waals surface area contributed by atoms with E-state index in [0.29, 0.717) is 5.56 Å². The number of rotatable bonds is 1. The van der Waals surface area contributed by atoms with Gasteiger partial charge in [0.25, 0.3) is 0 Å². The van der Waals surface area contributed by atoms with Crippen LogP contribution in [0.3, 0.4) is 0 Å². The number of thiocarbonyl (C=S) groups is 1. The van der Waals surface area contributed by atoms with E-state index in [1.807, 2.05) is 35.8 Å². The van der Waals surface area contributed by atoms with Gasteiger partial charge in [-0.2, -0.15) is 0 Å². The van der Waals surface area contributed by atoms with Crippen molar-refractivity contribution >= 4 is 28.1 Å². The Morgan fingerprint density at radius 1 is 1.36 bits per heavy atom. The monoisotopic (exact) mass is 204 g/mol. The molecule has 2 rings (SSSR count). The van der Waals surface area contributed by atoms with Crippen LogP contribution in [-0.2, 0) is 0 Å². The molecule has 4 heteroatoms. The van der Waals surface area contributed by atoms with E-state index in [1.54, 1.807) is 6.20 Å². The van der Waals surface area contributed by atoms with Crippen molar-refractivity contribution in [2.24, 2.45) is 0 Å². The zero-order chi connectivity index (χ0) is 9.97. The summed E-state index contributed by atoms with van der Waals surface area (Å²) in [5, 5.41) is 9.64. The molecule has 0 spiro atoms. The quantitative estimate of drug-likeness (QED) is 0.550. The van der Waals surface area contributed by atoms with Crippen LogP contribution in [-0.4, -0.2) is 15.2 Å². The Hall–Kier alpha value is -1.52. The lowest BCUT2D eigenvalue weighted by Crippen LogP contribution is -2.17. The lowest BCUT2D eigenvalue weighted by atomic mass is 10.1. The highest BCUT2D eigenvalue weighted by atomic mass is 32.1. The van der Waals surface area contributed by atoms with E-state index in [4.69, 9.17) is 17.4 Å². The van der Waals surface area contributed by atoms with E-state index in [0.717, 1.165) is 10.9 Å². The fourth-order valence-electron chi connectivity index (χ4n) is 1.26. The second-order valence-electron chi connectivity index (χ2n) is 2.86. The minimum absolute atomic E-state index is 0.281. The molecule has 0 amide bonds. The third-order valence-electron chi connectivity index (χ3n) is 1.95. The van der Waals surface area contributed by atoms with E-state index in [1.165, 1.54) is 0 Å². The average Bonchev–Trinajstić information content (AvgIpc) is 2.27. The molecule has 1 aromatic carbocycles. The fourth-order valence-corrected chi connectivity index (χ4v) is 1.37. The van der Waals surface area contributed by atoms with Gasteiger partial charge in [0.2, 0.25) is 0 Å². The van der Waals surface area contributed by atoms with Crippen LogP contribution in [0.1, 0.15) is 5.56 Å². The molecule has 0 aliphatic rings. The summed E-state index contributed by atoms with van der Waals surface area (Å²) in [6.07, 6.45) is 1.63. The Labute approximate surface area is 86.4 Å². The number of para-hydroxylation sites is 1. The smallest absolute Gasteiger partial charge is 0.132 e. The predicted molar refractivity (Wildman–Crippen MR) is 58.4 cm³/mol. The summed E-state index contributed by atoms with van der Waals surface area (Å²) >= 11 is 4.88. The first-order valence-corrected chi connectivity index (χ1v) is 4.51. The topological polar surface area (TPSA) is 45.1 Å². The Morgan fingerprint density at radius 2 is 2.14 bits per heavy atom. The van der Waals surface area contributed by atoms with Gasteiger partial charge in [-0.1, -0.05) is 30.4 Å². The van der Waals surface area contributed by atoms with E-state index < -0.39 is 0 Å². The zero-order valence-electron chi connectivity index (χ0n) is 7.27. The molecule has 1 aromatic heterocycles.